The normalized spacial score (nSPS) is 10.6. The van der Waals surface area contributed by atoms with Gasteiger partial charge in [0.1, 0.15) is 5.75 Å². The first-order chi connectivity index (χ1) is 9.67. The van der Waals surface area contributed by atoms with Gasteiger partial charge in [0, 0.05) is 12.1 Å². The lowest BCUT2D eigenvalue weighted by molar-refractivity contribution is 0.413. The predicted octanol–water partition coefficient (Wildman–Crippen LogP) is 4.09. The number of benzene rings is 2. The van der Waals surface area contributed by atoms with Crippen LogP contribution in [0.1, 0.15) is 23.6 Å². The highest BCUT2D eigenvalue weighted by Gasteiger charge is 2.10. The molecule has 0 amide bonds. The van der Waals surface area contributed by atoms with Crippen molar-refractivity contribution in [1.29, 1.82) is 0 Å². The molecular formula is C18H23NO. The molecule has 0 aliphatic carbocycles. The Balaban J connectivity index is 2.34. The largest absolute Gasteiger partial charge is 0.496 e. The van der Waals surface area contributed by atoms with Crippen molar-refractivity contribution in [2.45, 2.75) is 27.3 Å². The van der Waals surface area contributed by atoms with Gasteiger partial charge in [-0.2, -0.15) is 0 Å². The van der Waals surface area contributed by atoms with Gasteiger partial charge >= 0.3 is 0 Å². The first-order valence-electron chi connectivity index (χ1n) is 7.11. The van der Waals surface area contributed by atoms with E-state index in [4.69, 9.17) is 4.74 Å². The van der Waals surface area contributed by atoms with Gasteiger partial charge in [-0.25, -0.2) is 0 Å². The van der Waals surface area contributed by atoms with Crippen LogP contribution in [0, 0.1) is 13.8 Å². The molecule has 2 nitrogen and oxygen atoms in total. The summed E-state index contributed by atoms with van der Waals surface area (Å²) in [6.45, 7) is 8.25. The van der Waals surface area contributed by atoms with Crippen molar-refractivity contribution in [3.8, 4) is 16.9 Å². The topological polar surface area (TPSA) is 21.3 Å². The smallest absolute Gasteiger partial charge is 0.129 e. The lowest BCUT2D eigenvalue weighted by Crippen LogP contribution is -2.11. The minimum Gasteiger partial charge on any atom is -0.496 e. The van der Waals surface area contributed by atoms with E-state index in [-0.39, 0.29) is 0 Å². The molecule has 0 bridgehead atoms. The van der Waals surface area contributed by atoms with Gasteiger partial charge in [0.15, 0.2) is 0 Å². The summed E-state index contributed by atoms with van der Waals surface area (Å²) < 4.78 is 5.59. The Morgan fingerprint density at radius 2 is 1.70 bits per heavy atom. The quantitative estimate of drug-likeness (QED) is 0.882. The van der Waals surface area contributed by atoms with Crippen molar-refractivity contribution in [3.63, 3.8) is 0 Å². The summed E-state index contributed by atoms with van der Waals surface area (Å²) >= 11 is 0. The fourth-order valence-corrected chi connectivity index (χ4v) is 2.35. The van der Waals surface area contributed by atoms with Crippen LogP contribution in [-0.4, -0.2) is 13.7 Å². The van der Waals surface area contributed by atoms with E-state index in [9.17, 15) is 0 Å². The molecule has 0 aliphatic heterocycles. The van der Waals surface area contributed by atoms with E-state index in [0.717, 1.165) is 24.4 Å². The molecule has 2 aromatic carbocycles. The van der Waals surface area contributed by atoms with Gasteiger partial charge in [0.25, 0.3) is 0 Å². The van der Waals surface area contributed by atoms with E-state index in [1.807, 2.05) is 0 Å². The fourth-order valence-electron chi connectivity index (χ4n) is 2.35. The van der Waals surface area contributed by atoms with Crippen molar-refractivity contribution in [3.05, 3.63) is 53.1 Å². The average molecular weight is 269 g/mol. The number of hydrogen-bond acceptors (Lipinski definition) is 2. The summed E-state index contributed by atoms with van der Waals surface area (Å²) in [6, 6.07) is 13.0. The zero-order chi connectivity index (χ0) is 14.5. The maximum atomic E-state index is 5.59. The Hall–Kier alpha value is -1.80. The minimum atomic E-state index is 0.918. The summed E-state index contributed by atoms with van der Waals surface area (Å²) in [5, 5.41) is 3.34. The predicted molar refractivity (Wildman–Crippen MR) is 85.3 cm³/mol. The highest BCUT2D eigenvalue weighted by Crippen LogP contribution is 2.34. The Kier molecular flexibility index (Phi) is 4.80. The highest BCUT2D eigenvalue weighted by atomic mass is 16.5. The molecule has 0 heterocycles. The molecule has 0 aliphatic rings. The van der Waals surface area contributed by atoms with Crippen LogP contribution in [0.25, 0.3) is 11.1 Å². The molecule has 0 fully saturated rings. The number of hydrogen-bond donors (Lipinski definition) is 1. The van der Waals surface area contributed by atoms with Gasteiger partial charge in [0.05, 0.1) is 7.11 Å². The molecular weight excluding hydrogens is 246 g/mol. The van der Waals surface area contributed by atoms with Gasteiger partial charge < -0.3 is 10.1 Å². The van der Waals surface area contributed by atoms with Crippen LogP contribution in [0.15, 0.2) is 36.4 Å². The third kappa shape index (κ3) is 3.02. The SMILES string of the molecule is CCNCc1ccc(-c2ccc(C)c(C)c2OC)cc1. The zero-order valence-corrected chi connectivity index (χ0v) is 12.8. The van der Waals surface area contributed by atoms with Gasteiger partial charge in [-0.1, -0.05) is 43.3 Å². The number of methoxy groups -OCH3 is 1. The van der Waals surface area contributed by atoms with Crippen LogP contribution >= 0.6 is 0 Å². The second-order valence-corrected chi connectivity index (χ2v) is 5.07. The van der Waals surface area contributed by atoms with Crippen molar-refractivity contribution >= 4 is 0 Å². The fraction of sp³-hybridized carbons (Fsp3) is 0.333. The van der Waals surface area contributed by atoms with Gasteiger partial charge in [0.2, 0.25) is 0 Å². The van der Waals surface area contributed by atoms with E-state index < -0.39 is 0 Å². The third-order valence-electron chi connectivity index (χ3n) is 3.72. The van der Waals surface area contributed by atoms with E-state index in [0.29, 0.717) is 0 Å². The van der Waals surface area contributed by atoms with Gasteiger partial charge in [-0.05, 0) is 42.6 Å². The summed E-state index contributed by atoms with van der Waals surface area (Å²) in [5.74, 6) is 0.976. The number of rotatable bonds is 5. The Labute approximate surface area is 121 Å². The lowest BCUT2D eigenvalue weighted by Gasteiger charge is -2.14. The molecule has 0 saturated carbocycles. The first-order valence-corrected chi connectivity index (χ1v) is 7.11. The van der Waals surface area contributed by atoms with Crippen molar-refractivity contribution < 1.29 is 4.74 Å². The first kappa shape index (κ1) is 14.6. The van der Waals surface area contributed by atoms with Crippen LogP contribution in [-0.2, 0) is 6.54 Å². The third-order valence-corrected chi connectivity index (χ3v) is 3.72. The number of nitrogens with one attached hydrogen (secondary N) is 1. The van der Waals surface area contributed by atoms with Crippen LogP contribution in [0.5, 0.6) is 5.75 Å². The van der Waals surface area contributed by atoms with Crippen LogP contribution in [0.3, 0.4) is 0 Å². The van der Waals surface area contributed by atoms with Crippen LogP contribution in [0.4, 0.5) is 0 Å². The second kappa shape index (κ2) is 6.58. The molecule has 20 heavy (non-hydrogen) atoms. The summed E-state index contributed by atoms with van der Waals surface area (Å²) in [7, 11) is 1.74. The molecule has 0 spiro atoms. The van der Waals surface area contributed by atoms with E-state index >= 15 is 0 Å². The average Bonchev–Trinajstić information content (AvgIpc) is 2.48. The van der Waals surface area contributed by atoms with E-state index in [1.54, 1.807) is 7.11 Å². The molecule has 0 saturated heterocycles. The molecule has 106 valence electrons. The minimum absolute atomic E-state index is 0.918. The zero-order valence-electron chi connectivity index (χ0n) is 12.8. The van der Waals surface area contributed by atoms with Crippen molar-refractivity contribution in [1.82, 2.24) is 5.32 Å². The maximum Gasteiger partial charge on any atom is 0.129 e. The summed E-state index contributed by atoms with van der Waals surface area (Å²) in [5.41, 5.74) is 6.13. The second-order valence-electron chi connectivity index (χ2n) is 5.07. The van der Waals surface area contributed by atoms with Gasteiger partial charge in [-0.15, -0.1) is 0 Å². The standard InChI is InChI=1S/C18H23NO/c1-5-19-12-15-7-9-16(10-8-15)17-11-6-13(2)14(3)18(17)20-4/h6-11,19H,5,12H2,1-4H3. The molecule has 1 N–H and O–H groups in total. The maximum absolute atomic E-state index is 5.59. The molecule has 2 aromatic rings. The molecule has 2 rings (SSSR count). The number of aryl methyl sites for hydroxylation is 1. The van der Waals surface area contributed by atoms with Gasteiger partial charge in [-0.3, -0.25) is 0 Å². The lowest BCUT2D eigenvalue weighted by atomic mass is 9.98. The molecule has 0 radical (unpaired) electrons. The van der Waals surface area contributed by atoms with Crippen molar-refractivity contribution in [2.24, 2.45) is 0 Å². The Morgan fingerprint density at radius 3 is 2.30 bits per heavy atom. The van der Waals surface area contributed by atoms with E-state index in [1.165, 1.54) is 22.3 Å². The Bertz CT molecular complexity index is 573. The molecule has 2 heteroatoms. The molecule has 0 atom stereocenters. The monoisotopic (exact) mass is 269 g/mol. The van der Waals surface area contributed by atoms with Crippen LogP contribution < -0.4 is 10.1 Å². The van der Waals surface area contributed by atoms with E-state index in [2.05, 4.69) is 62.5 Å². The van der Waals surface area contributed by atoms with Crippen LogP contribution in [0.2, 0.25) is 0 Å². The Morgan fingerprint density at radius 1 is 1.00 bits per heavy atom. The summed E-state index contributed by atoms with van der Waals surface area (Å²) in [4.78, 5) is 0. The number of ether oxygens (including phenoxy) is 1. The highest BCUT2D eigenvalue weighted by molar-refractivity contribution is 5.73. The van der Waals surface area contributed by atoms with Crippen molar-refractivity contribution in [2.75, 3.05) is 13.7 Å². The molecule has 0 unspecified atom stereocenters. The molecule has 0 aromatic heterocycles. The summed E-state index contributed by atoms with van der Waals surface area (Å²) in [6.07, 6.45) is 0.